The summed E-state index contributed by atoms with van der Waals surface area (Å²) in [5, 5.41) is 13.2. The molecule has 9 nitrogen and oxygen atoms in total. The van der Waals surface area contributed by atoms with Crippen molar-refractivity contribution in [3.8, 4) is 11.8 Å². The highest BCUT2D eigenvalue weighted by Crippen LogP contribution is 2.34. The molecule has 0 saturated carbocycles. The maximum Gasteiger partial charge on any atom is 0.232 e. The number of benzene rings is 1. The number of imidazole rings is 1. The van der Waals surface area contributed by atoms with Gasteiger partial charge in [0, 0.05) is 29.8 Å². The van der Waals surface area contributed by atoms with Gasteiger partial charge in [-0.1, -0.05) is 0 Å². The monoisotopic (exact) mass is 470 g/mol. The number of nitrogens with zero attached hydrogens (tertiary/aromatic N) is 5. The molecule has 1 fully saturated rings. The lowest BCUT2D eigenvalue weighted by atomic mass is 10.0. The van der Waals surface area contributed by atoms with Crippen molar-refractivity contribution < 1.29 is 14.3 Å². The maximum atomic E-state index is 13.1. The Morgan fingerprint density at radius 2 is 2.14 bits per heavy atom. The Kier molecular flexibility index (Phi) is 6.05. The minimum absolute atomic E-state index is 0.0664. The molecule has 1 saturated heterocycles. The molecule has 0 bridgehead atoms. The molecule has 0 aliphatic carbocycles. The van der Waals surface area contributed by atoms with Gasteiger partial charge in [0.2, 0.25) is 5.91 Å². The molecule has 0 unspecified atom stereocenters. The van der Waals surface area contributed by atoms with Gasteiger partial charge in [-0.05, 0) is 44.9 Å². The van der Waals surface area contributed by atoms with E-state index in [0.717, 1.165) is 35.0 Å². The fourth-order valence-corrected chi connectivity index (χ4v) is 4.76. The lowest BCUT2D eigenvalue weighted by Gasteiger charge is -2.30. The molecule has 1 aliphatic heterocycles. The standard InChI is InChI=1S/C26H26N6O3/c1-15-8-23(34-3)21(13-28-15)31-25(33)11-24-30-22-14-29-20-5-4-17(12-27)10-19(20)26(22)32(24)18-6-7-35-16(2)9-18/h4-5,8,10,13-14,16,18H,6-7,9,11H2,1-3H3,(H,31,33)/t16-,18-/m1/s1. The van der Waals surface area contributed by atoms with E-state index in [1.54, 1.807) is 31.6 Å². The third-order valence-electron chi connectivity index (χ3n) is 6.36. The number of rotatable bonds is 5. The van der Waals surface area contributed by atoms with Crippen molar-refractivity contribution in [3.05, 3.63) is 53.7 Å². The number of ether oxygens (including phenoxy) is 2. The van der Waals surface area contributed by atoms with Gasteiger partial charge >= 0.3 is 0 Å². The van der Waals surface area contributed by atoms with Crippen LogP contribution < -0.4 is 10.1 Å². The number of aryl methyl sites for hydroxylation is 1. The average molecular weight is 471 g/mol. The minimum atomic E-state index is -0.222. The van der Waals surface area contributed by atoms with Crippen molar-refractivity contribution in [2.75, 3.05) is 19.0 Å². The number of anilines is 1. The highest BCUT2D eigenvalue weighted by molar-refractivity contribution is 6.03. The summed E-state index contributed by atoms with van der Waals surface area (Å²) < 4.78 is 13.3. The molecular weight excluding hydrogens is 444 g/mol. The number of methoxy groups -OCH3 is 1. The first-order chi connectivity index (χ1) is 17.0. The molecule has 9 heteroatoms. The second kappa shape index (κ2) is 9.31. The van der Waals surface area contributed by atoms with Gasteiger partial charge in [-0.25, -0.2) is 4.98 Å². The number of pyridine rings is 2. The maximum absolute atomic E-state index is 13.1. The third-order valence-corrected chi connectivity index (χ3v) is 6.36. The minimum Gasteiger partial charge on any atom is -0.494 e. The number of hydrogen-bond donors (Lipinski definition) is 1. The van der Waals surface area contributed by atoms with E-state index in [9.17, 15) is 10.1 Å². The Morgan fingerprint density at radius 1 is 1.29 bits per heavy atom. The Bertz CT molecular complexity index is 1470. The van der Waals surface area contributed by atoms with Gasteiger partial charge in [-0.3, -0.25) is 14.8 Å². The van der Waals surface area contributed by atoms with E-state index >= 15 is 0 Å². The van der Waals surface area contributed by atoms with Crippen molar-refractivity contribution in [2.45, 2.75) is 45.3 Å². The van der Waals surface area contributed by atoms with Crippen molar-refractivity contribution in [3.63, 3.8) is 0 Å². The molecule has 178 valence electrons. The molecule has 1 amide bonds. The summed E-state index contributed by atoms with van der Waals surface area (Å²) in [5.41, 5.74) is 4.23. The predicted octanol–water partition coefficient (Wildman–Crippen LogP) is 4.09. The molecule has 1 aromatic carbocycles. The van der Waals surface area contributed by atoms with Crippen LogP contribution in [0.3, 0.4) is 0 Å². The number of hydrogen-bond acceptors (Lipinski definition) is 7. The van der Waals surface area contributed by atoms with Crippen LogP contribution in [0.25, 0.3) is 21.9 Å². The second-order valence-corrected chi connectivity index (χ2v) is 8.84. The van der Waals surface area contributed by atoms with E-state index < -0.39 is 0 Å². The van der Waals surface area contributed by atoms with E-state index in [1.807, 2.05) is 19.1 Å². The summed E-state index contributed by atoms with van der Waals surface area (Å²) in [6.45, 7) is 4.55. The first-order valence-corrected chi connectivity index (χ1v) is 11.6. The fourth-order valence-electron chi connectivity index (χ4n) is 4.76. The van der Waals surface area contributed by atoms with E-state index in [2.05, 4.69) is 32.8 Å². The van der Waals surface area contributed by atoms with Crippen LogP contribution in [-0.4, -0.2) is 45.2 Å². The number of nitriles is 1. The lowest BCUT2D eigenvalue weighted by molar-refractivity contribution is -0.115. The molecule has 4 aromatic rings. The van der Waals surface area contributed by atoms with Crippen molar-refractivity contribution in [2.24, 2.45) is 0 Å². The fraction of sp³-hybridized carbons (Fsp3) is 0.346. The quantitative estimate of drug-likeness (QED) is 0.467. The zero-order valence-electron chi connectivity index (χ0n) is 19.9. The van der Waals surface area contributed by atoms with E-state index in [-0.39, 0.29) is 24.5 Å². The highest BCUT2D eigenvalue weighted by Gasteiger charge is 2.27. The SMILES string of the molecule is COc1cc(C)ncc1NC(=O)Cc1nc2cnc3ccc(C#N)cc3c2n1[C@@H]1CCO[C@H](C)C1. The van der Waals surface area contributed by atoms with Crippen LogP contribution in [0.5, 0.6) is 5.75 Å². The second-order valence-electron chi connectivity index (χ2n) is 8.84. The zero-order valence-corrected chi connectivity index (χ0v) is 19.9. The largest absolute Gasteiger partial charge is 0.494 e. The summed E-state index contributed by atoms with van der Waals surface area (Å²) in [4.78, 5) is 26.8. The smallest absolute Gasteiger partial charge is 0.232 e. The molecule has 1 aliphatic rings. The Morgan fingerprint density at radius 3 is 2.91 bits per heavy atom. The number of carbonyl (C=O) groups is 1. The molecule has 35 heavy (non-hydrogen) atoms. The van der Waals surface area contributed by atoms with Crippen LogP contribution in [0.15, 0.2) is 36.7 Å². The van der Waals surface area contributed by atoms with Gasteiger partial charge in [0.05, 0.1) is 54.7 Å². The summed E-state index contributed by atoms with van der Waals surface area (Å²) in [7, 11) is 1.56. The Balaban J connectivity index is 1.59. The topological polar surface area (TPSA) is 115 Å². The van der Waals surface area contributed by atoms with Crippen molar-refractivity contribution in [1.29, 1.82) is 5.26 Å². The lowest BCUT2D eigenvalue weighted by Crippen LogP contribution is -2.27. The molecule has 4 heterocycles. The summed E-state index contributed by atoms with van der Waals surface area (Å²) in [6, 6.07) is 9.55. The first kappa shape index (κ1) is 22.7. The number of nitrogens with one attached hydrogen (secondary N) is 1. The van der Waals surface area contributed by atoms with Crippen LogP contribution in [0.1, 0.15) is 42.9 Å². The molecule has 5 rings (SSSR count). The molecule has 1 N–H and O–H groups in total. The summed E-state index contributed by atoms with van der Waals surface area (Å²) in [5.74, 6) is 0.977. The van der Waals surface area contributed by atoms with Crippen LogP contribution in [-0.2, 0) is 16.0 Å². The first-order valence-electron chi connectivity index (χ1n) is 11.6. The van der Waals surface area contributed by atoms with Crippen LogP contribution in [0, 0.1) is 18.3 Å². The highest BCUT2D eigenvalue weighted by atomic mass is 16.5. The van der Waals surface area contributed by atoms with Gasteiger partial charge in [-0.15, -0.1) is 0 Å². The summed E-state index contributed by atoms with van der Waals surface area (Å²) in [6.07, 6.45) is 5.10. The van der Waals surface area contributed by atoms with Crippen LogP contribution >= 0.6 is 0 Å². The Hall–Kier alpha value is -4.03. The zero-order chi connectivity index (χ0) is 24.5. The van der Waals surface area contributed by atoms with Crippen molar-refractivity contribution in [1.82, 2.24) is 19.5 Å². The summed E-state index contributed by atoms with van der Waals surface area (Å²) >= 11 is 0. The van der Waals surface area contributed by atoms with Gasteiger partial charge < -0.3 is 19.4 Å². The third kappa shape index (κ3) is 4.40. The van der Waals surface area contributed by atoms with Gasteiger partial charge in [0.15, 0.2) is 0 Å². The van der Waals surface area contributed by atoms with Crippen LogP contribution in [0.4, 0.5) is 5.69 Å². The molecule has 0 spiro atoms. The van der Waals surface area contributed by atoms with E-state index in [4.69, 9.17) is 14.5 Å². The van der Waals surface area contributed by atoms with E-state index in [0.29, 0.717) is 34.9 Å². The van der Waals surface area contributed by atoms with Crippen LogP contribution in [0.2, 0.25) is 0 Å². The van der Waals surface area contributed by atoms with Crippen molar-refractivity contribution >= 4 is 33.5 Å². The molecule has 0 radical (unpaired) electrons. The predicted molar refractivity (Wildman–Crippen MR) is 131 cm³/mol. The number of carbonyl (C=O) groups excluding carboxylic acids is 1. The Labute approximate surface area is 202 Å². The number of aromatic nitrogens is 4. The normalized spacial score (nSPS) is 17.9. The number of amides is 1. The van der Waals surface area contributed by atoms with E-state index in [1.165, 1.54) is 0 Å². The van der Waals surface area contributed by atoms with Gasteiger partial charge in [0.1, 0.15) is 22.8 Å². The molecule has 3 aromatic heterocycles. The molecular formula is C26H26N6O3. The number of fused-ring (bicyclic) bond motifs is 3. The van der Waals surface area contributed by atoms with Gasteiger partial charge in [0.25, 0.3) is 0 Å². The average Bonchev–Trinajstić information content (AvgIpc) is 3.23. The van der Waals surface area contributed by atoms with Gasteiger partial charge in [-0.2, -0.15) is 5.26 Å². The molecule has 2 atom stereocenters.